The van der Waals surface area contributed by atoms with Gasteiger partial charge in [0, 0.05) is 16.5 Å². The number of rotatable bonds is 5. The number of aliphatic hydroxyl groups is 1. The highest BCUT2D eigenvalue weighted by molar-refractivity contribution is 6.30. The molecule has 0 aliphatic heterocycles. The first-order valence-electron chi connectivity index (χ1n) is 6.40. The number of aromatic nitrogens is 2. The molecule has 1 unspecified atom stereocenters. The van der Waals surface area contributed by atoms with Crippen molar-refractivity contribution in [2.24, 2.45) is 0 Å². The number of hydrogen-bond acceptors (Lipinski definition) is 5. The van der Waals surface area contributed by atoms with Crippen molar-refractivity contribution in [3.05, 3.63) is 40.5 Å². The molecule has 0 spiro atoms. The number of hydrogen-bond donors (Lipinski definition) is 1. The van der Waals surface area contributed by atoms with Gasteiger partial charge in [-0.15, -0.1) is 0 Å². The second kappa shape index (κ2) is 6.24. The summed E-state index contributed by atoms with van der Waals surface area (Å²) in [6.07, 6.45) is -0.666. The van der Waals surface area contributed by atoms with Crippen molar-refractivity contribution >= 4 is 11.6 Å². The van der Waals surface area contributed by atoms with Crippen LogP contribution in [0.25, 0.3) is 0 Å². The Morgan fingerprint density at radius 1 is 1.35 bits per heavy atom. The summed E-state index contributed by atoms with van der Waals surface area (Å²) in [5.74, 6) is 1.79. The number of aliphatic hydroxyl groups excluding tert-OH is 1. The zero-order valence-corrected chi connectivity index (χ0v) is 12.4. The summed E-state index contributed by atoms with van der Waals surface area (Å²) in [6, 6.07) is 5.10. The van der Waals surface area contributed by atoms with Crippen LogP contribution in [0, 0.1) is 0 Å². The lowest BCUT2D eigenvalue weighted by Crippen LogP contribution is -2.02. The summed E-state index contributed by atoms with van der Waals surface area (Å²) < 4.78 is 10.7. The molecular weight excluding hydrogens is 280 g/mol. The van der Waals surface area contributed by atoms with E-state index in [1.807, 2.05) is 13.8 Å². The summed E-state index contributed by atoms with van der Waals surface area (Å²) in [7, 11) is 0. The smallest absolute Gasteiger partial charge is 0.229 e. The summed E-state index contributed by atoms with van der Waals surface area (Å²) in [5.41, 5.74) is 0.630. The van der Waals surface area contributed by atoms with Crippen LogP contribution in [0.4, 0.5) is 0 Å². The number of halogens is 1. The summed E-state index contributed by atoms with van der Waals surface area (Å²) in [6.45, 7) is 5.78. The van der Waals surface area contributed by atoms with Crippen LogP contribution in [0.1, 0.15) is 50.1 Å². The molecule has 0 aliphatic carbocycles. The Balaban J connectivity index is 2.10. The SMILES string of the molecule is CC(C)c1nc(COc2ccc(Cl)cc2C(C)O)no1. The van der Waals surface area contributed by atoms with Gasteiger partial charge in [0.1, 0.15) is 5.75 Å². The molecule has 1 N–H and O–H groups in total. The molecule has 0 bridgehead atoms. The first kappa shape index (κ1) is 14.8. The van der Waals surface area contributed by atoms with E-state index in [-0.39, 0.29) is 12.5 Å². The topological polar surface area (TPSA) is 68.4 Å². The third-order valence-electron chi connectivity index (χ3n) is 2.76. The highest BCUT2D eigenvalue weighted by atomic mass is 35.5. The van der Waals surface area contributed by atoms with Gasteiger partial charge in [0.25, 0.3) is 0 Å². The Labute approximate surface area is 122 Å². The molecular formula is C14H17ClN2O3. The van der Waals surface area contributed by atoms with Crippen LogP contribution in [0.15, 0.2) is 22.7 Å². The van der Waals surface area contributed by atoms with Crippen molar-refractivity contribution in [2.75, 3.05) is 0 Å². The molecule has 1 heterocycles. The molecule has 0 radical (unpaired) electrons. The van der Waals surface area contributed by atoms with Crippen molar-refractivity contribution in [2.45, 2.75) is 39.4 Å². The van der Waals surface area contributed by atoms with E-state index in [1.54, 1.807) is 25.1 Å². The van der Waals surface area contributed by atoms with E-state index in [4.69, 9.17) is 20.9 Å². The fourth-order valence-corrected chi connectivity index (χ4v) is 1.86. The monoisotopic (exact) mass is 296 g/mol. The average Bonchev–Trinajstić information content (AvgIpc) is 2.86. The molecule has 1 atom stereocenters. The Bertz CT molecular complexity index is 582. The molecule has 0 saturated carbocycles. The van der Waals surface area contributed by atoms with Crippen LogP contribution < -0.4 is 4.74 Å². The molecule has 108 valence electrons. The minimum absolute atomic E-state index is 0.178. The molecule has 2 aromatic rings. The predicted molar refractivity (Wildman–Crippen MR) is 74.8 cm³/mol. The van der Waals surface area contributed by atoms with Crippen LogP contribution in [0.2, 0.25) is 5.02 Å². The van der Waals surface area contributed by atoms with Crippen molar-refractivity contribution < 1.29 is 14.4 Å². The highest BCUT2D eigenvalue weighted by Gasteiger charge is 2.13. The van der Waals surface area contributed by atoms with E-state index >= 15 is 0 Å². The minimum Gasteiger partial charge on any atom is -0.485 e. The lowest BCUT2D eigenvalue weighted by atomic mass is 10.1. The third kappa shape index (κ3) is 3.49. The van der Waals surface area contributed by atoms with Gasteiger partial charge in [0.15, 0.2) is 6.61 Å². The first-order chi connectivity index (χ1) is 9.47. The molecule has 0 saturated heterocycles. The van der Waals surface area contributed by atoms with Crippen LogP contribution in [0.3, 0.4) is 0 Å². The molecule has 5 nitrogen and oxygen atoms in total. The van der Waals surface area contributed by atoms with Crippen LogP contribution in [-0.4, -0.2) is 15.2 Å². The maximum atomic E-state index is 9.71. The average molecular weight is 297 g/mol. The second-order valence-electron chi connectivity index (χ2n) is 4.85. The van der Waals surface area contributed by atoms with E-state index in [0.29, 0.717) is 28.1 Å². The van der Waals surface area contributed by atoms with Gasteiger partial charge < -0.3 is 14.4 Å². The minimum atomic E-state index is -0.666. The number of ether oxygens (including phenoxy) is 1. The van der Waals surface area contributed by atoms with E-state index in [1.165, 1.54) is 0 Å². The largest absolute Gasteiger partial charge is 0.485 e. The van der Waals surface area contributed by atoms with Crippen molar-refractivity contribution in [1.29, 1.82) is 0 Å². The van der Waals surface area contributed by atoms with Crippen molar-refractivity contribution in [3.63, 3.8) is 0 Å². The van der Waals surface area contributed by atoms with Gasteiger partial charge in [-0.2, -0.15) is 4.98 Å². The summed E-state index contributed by atoms with van der Waals surface area (Å²) in [4.78, 5) is 4.23. The van der Waals surface area contributed by atoms with E-state index in [9.17, 15) is 5.11 Å². The molecule has 0 aliphatic rings. The molecule has 0 amide bonds. The van der Waals surface area contributed by atoms with E-state index < -0.39 is 6.10 Å². The standard InChI is InChI=1S/C14H17ClN2O3/c1-8(2)14-16-13(17-20-14)7-19-12-5-4-10(15)6-11(12)9(3)18/h4-6,8-9,18H,7H2,1-3H3. The fourth-order valence-electron chi connectivity index (χ4n) is 1.68. The van der Waals surface area contributed by atoms with Crippen LogP contribution in [0.5, 0.6) is 5.75 Å². The van der Waals surface area contributed by atoms with Gasteiger partial charge in [-0.05, 0) is 25.1 Å². The zero-order valence-electron chi connectivity index (χ0n) is 11.6. The number of nitrogens with zero attached hydrogens (tertiary/aromatic N) is 2. The summed E-state index contributed by atoms with van der Waals surface area (Å²) in [5, 5.41) is 14.1. The van der Waals surface area contributed by atoms with Crippen molar-refractivity contribution in [1.82, 2.24) is 10.1 Å². The lowest BCUT2D eigenvalue weighted by molar-refractivity contribution is 0.189. The molecule has 1 aromatic carbocycles. The maximum absolute atomic E-state index is 9.71. The van der Waals surface area contributed by atoms with Crippen LogP contribution >= 0.6 is 11.6 Å². The molecule has 6 heteroatoms. The fraction of sp³-hybridized carbons (Fsp3) is 0.429. The third-order valence-corrected chi connectivity index (χ3v) is 2.99. The molecule has 20 heavy (non-hydrogen) atoms. The second-order valence-corrected chi connectivity index (χ2v) is 5.29. The summed E-state index contributed by atoms with van der Waals surface area (Å²) >= 11 is 5.91. The normalized spacial score (nSPS) is 12.7. The van der Waals surface area contributed by atoms with E-state index in [0.717, 1.165) is 0 Å². The number of benzene rings is 1. The van der Waals surface area contributed by atoms with Crippen LogP contribution in [-0.2, 0) is 6.61 Å². The van der Waals surface area contributed by atoms with Crippen molar-refractivity contribution in [3.8, 4) is 5.75 Å². The van der Waals surface area contributed by atoms with Gasteiger partial charge in [-0.3, -0.25) is 0 Å². The maximum Gasteiger partial charge on any atom is 0.229 e. The Hall–Kier alpha value is -1.59. The quantitative estimate of drug-likeness (QED) is 0.915. The molecule has 0 fully saturated rings. The van der Waals surface area contributed by atoms with Gasteiger partial charge in [0.05, 0.1) is 6.10 Å². The van der Waals surface area contributed by atoms with Gasteiger partial charge >= 0.3 is 0 Å². The Morgan fingerprint density at radius 3 is 2.70 bits per heavy atom. The Kier molecular flexibility index (Phi) is 4.62. The first-order valence-corrected chi connectivity index (χ1v) is 6.78. The highest BCUT2D eigenvalue weighted by Crippen LogP contribution is 2.28. The van der Waals surface area contributed by atoms with Gasteiger partial charge in [-0.1, -0.05) is 30.6 Å². The molecule has 2 rings (SSSR count). The predicted octanol–water partition coefficient (Wildman–Crippen LogP) is 3.48. The Morgan fingerprint density at radius 2 is 2.10 bits per heavy atom. The zero-order chi connectivity index (χ0) is 14.7. The lowest BCUT2D eigenvalue weighted by Gasteiger charge is -2.12. The van der Waals surface area contributed by atoms with E-state index in [2.05, 4.69) is 10.1 Å². The van der Waals surface area contributed by atoms with Gasteiger partial charge in [0.2, 0.25) is 11.7 Å². The van der Waals surface area contributed by atoms with Gasteiger partial charge in [-0.25, -0.2) is 0 Å². The molecule has 1 aromatic heterocycles.